The third kappa shape index (κ3) is 2.67. The molecule has 0 atom stereocenters. The molecule has 0 aliphatic carbocycles. The Morgan fingerprint density at radius 3 is 2.46 bits per heavy atom. The predicted molar refractivity (Wildman–Crippen MR) is 94.9 cm³/mol. The number of hydrogen-bond acceptors (Lipinski definition) is 3. The van der Waals surface area contributed by atoms with Gasteiger partial charge in [0.05, 0.1) is 11.2 Å². The number of piperazine rings is 1. The van der Waals surface area contributed by atoms with E-state index >= 15 is 0 Å². The first-order valence-electron chi connectivity index (χ1n) is 8.24. The average molecular weight is 320 g/mol. The molecule has 4 rings (SSSR count). The van der Waals surface area contributed by atoms with Crippen LogP contribution in [0.4, 0.5) is 0 Å². The maximum absolute atomic E-state index is 12.6. The highest BCUT2D eigenvalue weighted by molar-refractivity contribution is 5.96. The van der Waals surface area contributed by atoms with Gasteiger partial charge in [-0.25, -0.2) is 0 Å². The Hall–Kier alpha value is -2.66. The van der Waals surface area contributed by atoms with Gasteiger partial charge in [0.1, 0.15) is 0 Å². The van der Waals surface area contributed by atoms with Crippen LogP contribution in [-0.4, -0.2) is 59.1 Å². The Morgan fingerprint density at radius 2 is 1.71 bits per heavy atom. The van der Waals surface area contributed by atoms with E-state index in [-0.39, 0.29) is 5.91 Å². The van der Waals surface area contributed by atoms with E-state index in [4.69, 9.17) is 0 Å². The number of hydrogen-bond donors (Lipinski definition) is 1. The van der Waals surface area contributed by atoms with Gasteiger partial charge in [0, 0.05) is 42.7 Å². The van der Waals surface area contributed by atoms with Crippen molar-refractivity contribution in [1.29, 1.82) is 0 Å². The van der Waals surface area contributed by atoms with Crippen molar-refractivity contribution < 1.29 is 4.79 Å². The highest BCUT2D eigenvalue weighted by Gasteiger charge is 2.20. The van der Waals surface area contributed by atoms with E-state index < -0.39 is 0 Å². The smallest absolute Gasteiger partial charge is 0.253 e. The highest BCUT2D eigenvalue weighted by atomic mass is 16.2. The van der Waals surface area contributed by atoms with Crippen LogP contribution in [0.1, 0.15) is 10.4 Å². The Balaban J connectivity index is 1.57. The number of nitrogens with zero attached hydrogens (tertiary/aromatic N) is 3. The molecule has 5 nitrogen and oxygen atoms in total. The summed E-state index contributed by atoms with van der Waals surface area (Å²) in [4.78, 5) is 16.8. The van der Waals surface area contributed by atoms with Crippen LogP contribution in [0, 0.1) is 0 Å². The van der Waals surface area contributed by atoms with Crippen LogP contribution in [0.2, 0.25) is 0 Å². The Kier molecular flexibility index (Phi) is 3.78. The number of para-hydroxylation sites is 1. The molecular weight excluding hydrogens is 300 g/mol. The second-order valence-corrected chi connectivity index (χ2v) is 6.29. The van der Waals surface area contributed by atoms with E-state index in [1.165, 1.54) is 0 Å². The number of fused-ring (bicyclic) bond motifs is 1. The zero-order chi connectivity index (χ0) is 16.5. The summed E-state index contributed by atoms with van der Waals surface area (Å²) < 4.78 is 0. The zero-order valence-electron chi connectivity index (χ0n) is 13.7. The van der Waals surface area contributed by atoms with E-state index in [1.54, 1.807) is 0 Å². The van der Waals surface area contributed by atoms with Crippen LogP contribution < -0.4 is 0 Å². The largest absolute Gasteiger partial charge is 0.336 e. The van der Waals surface area contributed by atoms with Crippen LogP contribution in [0.5, 0.6) is 0 Å². The van der Waals surface area contributed by atoms with E-state index in [0.717, 1.165) is 53.9 Å². The van der Waals surface area contributed by atoms with E-state index in [9.17, 15) is 4.79 Å². The molecule has 1 aliphatic rings. The molecule has 0 spiro atoms. The molecule has 1 fully saturated rings. The summed E-state index contributed by atoms with van der Waals surface area (Å²) in [5.41, 5.74) is 3.69. The van der Waals surface area contributed by atoms with Gasteiger partial charge in [-0.05, 0) is 25.2 Å². The molecule has 1 saturated heterocycles. The second kappa shape index (κ2) is 6.09. The molecule has 0 saturated carbocycles. The summed E-state index contributed by atoms with van der Waals surface area (Å²) in [6, 6.07) is 15.8. The number of carbonyl (C=O) groups excluding carboxylic acids is 1. The van der Waals surface area contributed by atoms with Crippen molar-refractivity contribution in [3.8, 4) is 11.3 Å². The standard InChI is InChI=1S/C19H20N4O/c1-22-10-12-23(13-11-22)19(24)15-8-6-14(7-9-15)18-16-4-2-3-5-17(16)20-21-18/h2-9H,10-13H2,1H3,(H,20,21). The van der Waals surface area contributed by atoms with Crippen LogP contribution in [0.3, 0.4) is 0 Å². The van der Waals surface area contributed by atoms with E-state index in [2.05, 4.69) is 28.2 Å². The summed E-state index contributed by atoms with van der Waals surface area (Å²) in [5.74, 6) is 0.113. The summed E-state index contributed by atoms with van der Waals surface area (Å²) >= 11 is 0. The van der Waals surface area contributed by atoms with Gasteiger partial charge in [-0.15, -0.1) is 0 Å². The van der Waals surface area contributed by atoms with Crippen molar-refractivity contribution in [2.45, 2.75) is 0 Å². The van der Waals surface area contributed by atoms with Crippen molar-refractivity contribution in [3.63, 3.8) is 0 Å². The van der Waals surface area contributed by atoms with Gasteiger partial charge < -0.3 is 9.80 Å². The van der Waals surface area contributed by atoms with Gasteiger partial charge in [0.15, 0.2) is 0 Å². The fourth-order valence-electron chi connectivity index (χ4n) is 3.15. The maximum atomic E-state index is 12.6. The maximum Gasteiger partial charge on any atom is 0.253 e. The number of rotatable bonds is 2. The second-order valence-electron chi connectivity index (χ2n) is 6.29. The summed E-state index contributed by atoms with van der Waals surface area (Å²) in [6.45, 7) is 3.45. The number of carbonyl (C=O) groups is 1. The van der Waals surface area contributed by atoms with Crippen LogP contribution in [0.15, 0.2) is 48.5 Å². The molecule has 0 bridgehead atoms. The van der Waals surface area contributed by atoms with Crippen LogP contribution in [-0.2, 0) is 0 Å². The first kappa shape index (κ1) is 14.9. The Morgan fingerprint density at radius 1 is 1.00 bits per heavy atom. The van der Waals surface area contributed by atoms with Gasteiger partial charge in [-0.3, -0.25) is 9.89 Å². The molecule has 1 aromatic heterocycles. The topological polar surface area (TPSA) is 52.2 Å². The van der Waals surface area contributed by atoms with Crippen molar-refractivity contribution in [1.82, 2.24) is 20.0 Å². The number of likely N-dealkylation sites (N-methyl/N-ethyl adjacent to an activating group) is 1. The summed E-state index contributed by atoms with van der Waals surface area (Å²) in [6.07, 6.45) is 0. The molecule has 122 valence electrons. The first-order valence-corrected chi connectivity index (χ1v) is 8.24. The van der Waals surface area contributed by atoms with Gasteiger partial charge in [0.25, 0.3) is 5.91 Å². The van der Waals surface area contributed by atoms with Crippen molar-refractivity contribution in [2.75, 3.05) is 33.2 Å². The third-order valence-electron chi connectivity index (χ3n) is 4.67. The lowest BCUT2D eigenvalue weighted by Gasteiger charge is -2.32. The molecule has 0 radical (unpaired) electrons. The van der Waals surface area contributed by atoms with Crippen molar-refractivity contribution >= 4 is 16.8 Å². The quantitative estimate of drug-likeness (QED) is 0.790. The lowest BCUT2D eigenvalue weighted by molar-refractivity contribution is 0.0664. The normalized spacial score (nSPS) is 15.8. The Bertz CT molecular complexity index is 860. The van der Waals surface area contributed by atoms with Gasteiger partial charge in [0.2, 0.25) is 0 Å². The monoisotopic (exact) mass is 320 g/mol. The van der Waals surface area contributed by atoms with Crippen molar-refractivity contribution in [3.05, 3.63) is 54.1 Å². The van der Waals surface area contributed by atoms with Crippen molar-refractivity contribution in [2.24, 2.45) is 0 Å². The summed E-state index contributed by atoms with van der Waals surface area (Å²) in [5, 5.41) is 8.56. The molecule has 1 N–H and O–H groups in total. The van der Waals surface area contributed by atoms with Gasteiger partial charge in [-0.1, -0.05) is 30.3 Å². The predicted octanol–water partition coefficient (Wildman–Crippen LogP) is 2.62. The van der Waals surface area contributed by atoms with Gasteiger partial charge >= 0.3 is 0 Å². The van der Waals surface area contributed by atoms with Crippen LogP contribution in [0.25, 0.3) is 22.2 Å². The number of H-pyrrole nitrogens is 1. The molecule has 5 heteroatoms. The fourth-order valence-corrected chi connectivity index (χ4v) is 3.15. The molecule has 2 heterocycles. The van der Waals surface area contributed by atoms with Crippen LogP contribution >= 0.6 is 0 Å². The van der Waals surface area contributed by atoms with E-state index in [1.807, 2.05) is 47.4 Å². The molecular formula is C19H20N4O. The summed E-state index contributed by atoms with van der Waals surface area (Å²) in [7, 11) is 2.09. The SMILES string of the molecule is CN1CCN(C(=O)c2ccc(-c3n[nH]c4ccccc34)cc2)CC1. The number of amides is 1. The minimum Gasteiger partial charge on any atom is -0.336 e. The number of benzene rings is 2. The fraction of sp³-hybridized carbons (Fsp3) is 0.263. The minimum atomic E-state index is 0.113. The molecule has 2 aromatic carbocycles. The first-order chi connectivity index (χ1) is 11.7. The molecule has 24 heavy (non-hydrogen) atoms. The lowest BCUT2D eigenvalue weighted by atomic mass is 10.1. The molecule has 3 aromatic rings. The molecule has 1 aliphatic heterocycles. The number of aromatic amines is 1. The number of nitrogens with one attached hydrogen (secondary N) is 1. The van der Waals surface area contributed by atoms with E-state index in [0.29, 0.717) is 0 Å². The van der Waals surface area contributed by atoms with Gasteiger partial charge in [-0.2, -0.15) is 5.10 Å². The third-order valence-corrected chi connectivity index (χ3v) is 4.67. The zero-order valence-corrected chi connectivity index (χ0v) is 13.7. The number of aromatic nitrogens is 2. The lowest BCUT2D eigenvalue weighted by Crippen LogP contribution is -2.47. The molecule has 0 unspecified atom stereocenters. The minimum absolute atomic E-state index is 0.113. The highest BCUT2D eigenvalue weighted by Crippen LogP contribution is 2.26. The average Bonchev–Trinajstić information content (AvgIpc) is 3.06. The molecule has 1 amide bonds. The Labute approximate surface area is 140 Å².